The van der Waals surface area contributed by atoms with Crippen molar-refractivity contribution in [1.82, 2.24) is 14.5 Å². The molecule has 1 aliphatic heterocycles. The van der Waals surface area contributed by atoms with E-state index in [1.54, 1.807) is 9.35 Å². The Kier molecular flexibility index (Phi) is 5.18. The molecule has 1 aromatic heterocycles. The van der Waals surface area contributed by atoms with Crippen LogP contribution in [0.2, 0.25) is 0 Å². The average Bonchev–Trinajstić information content (AvgIpc) is 3.17. The van der Waals surface area contributed by atoms with Crippen LogP contribution in [0.1, 0.15) is 22.4 Å². The highest BCUT2D eigenvalue weighted by molar-refractivity contribution is 7.72. The predicted molar refractivity (Wildman–Crippen MR) is 135 cm³/mol. The number of nitrogens with one attached hydrogen (secondary N) is 1. The molecular formula is C26H26N5OP. The second-order valence-electron chi connectivity index (χ2n) is 8.27. The molecule has 1 N–H and O–H groups in total. The second kappa shape index (κ2) is 8.05. The van der Waals surface area contributed by atoms with Gasteiger partial charge in [0.2, 0.25) is 0 Å². The molecule has 0 radical (unpaired) electrons. The Hall–Kier alpha value is -3.63. The molecule has 0 unspecified atom stereocenters. The molecular weight excluding hydrogens is 429 g/mol. The van der Waals surface area contributed by atoms with Crippen LogP contribution in [-0.4, -0.2) is 27.3 Å². The summed E-state index contributed by atoms with van der Waals surface area (Å²) < 4.78 is 18.5. The topological polar surface area (TPSA) is 62.5 Å². The molecule has 7 heteroatoms. The Labute approximate surface area is 194 Å². The van der Waals surface area contributed by atoms with Crippen molar-refractivity contribution >= 4 is 30.1 Å². The van der Waals surface area contributed by atoms with Crippen molar-refractivity contribution in [2.24, 2.45) is 4.99 Å². The largest absolute Gasteiger partial charge is 0.316 e. The summed E-state index contributed by atoms with van der Waals surface area (Å²) in [5.74, 6) is 1.23. The fraction of sp³-hybridized carbons (Fsp3) is 0.154. The first-order chi connectivity index (χ1) is 15.9. The molecule has 5 rings (SSSR count). The predicted octanol–water partition coefficient (Wildman–Crippen LogP) is 5.75. The molecule has 33 heavy (non-hydrogen) atoms. The van der Waals surface area contributed by atoms with E-state index in [1.165, 1.54) is 0 Å². The lowest BCUT2D eigenvalue weighted by Gasteiger charge is -2.35. The zero-order chi connectivity index (χ0) is 23.2. The van der Waals surface area contributed by atoms with Gasteiger partial charge in [-0.2, -0.15) is 5.10 Å². The van der Waals surface area contributed by atoms with Gasteiger partial charge in [0.15, 0.2) is 5.82 Å². The van der Waals surface area contributed by atoms with Gasteiger partial charge >= 0.3 is 0 Å². The Balaban J connectivity index is 1.77. The molecule has 1 atom stereocenters. The van der Waals surface area contributed by atoms with Gasteiger partial charge in [0, 0.05) is 18.3 Å². The van der Waals surface area contributed by atoms with E-state index in [0.29, 0.717) is 22.7 Å². The van der Waals surface area contributed by atoms with Crippen LogP contribution >= 0.6 is 7.44 Å². The molecule has 1 aliphatic rings. The molecule has 2 heterocycles. The highest BCUT2D eigenvalue weighted by Crippen LogP contribution is 2.54. The minimum Gasteiger partial charge on any atom is -0.316 e. The van der Waals surface area contributed by atoms with Crippen molar-refractivity contribution in [3.05, 3.63) is 101 Å². The monoisotopic (exact) mass is 455 g/mol. The van der Waals surface area contributed by atoms with E-state index in [2.05, 4.69) is 18.1 Å². The zero-order valence-corrected chi connectivity index (χ0v) is 20.0. The standard InChI is InChI=1S/C26H26N5OP/c1-18-12-11-17-23(19(18)2)29-33(32)24-20(3)28-31(22-15-9-6-10-16-22)26(24)27-25(30(33)4)21-13-7-5-8-14-21/h5-17H,1-4H3,(H,29,32)/t33-/m0/s1. The van der Waals surface area contributed by atoms with Gasteiger partial charge in [-0.25, -0.2) is 9.67 Å². The first-order valence-corrected chi connectivity index (χ1v) is 12.5. The first-order valence-electron chi connectivity index (χ1n) is 10.9. The number of benzene rings is 3. The van der Waals surface area contributed by atoms with Gasteiger partial charge in [0.1, 0.15) is 11.1 Å². The summed E-state index contributed by atoms with van der Waals surface area (Å²) in [5, 5.41) is 8.83. The second-order valence-corrected chi connectivity index (χ2v) is 10.7. The molecule has 0 bridgehead atoms. The van der Waals surface area contributed by atoms with Crippen LogP contribution in [0.3, 0.4) is 0 Å². The highest BCUT2D eigenvalue weighted by atomic mass is 31.2. The van der Waals surface area contributed by atoms with E-state index in [9.17, 15) is 4.57 Å². The molecule has 4 aromatic rings. The van der Waals surface area contributed by atoms with Crippen LogP contribution in [0.5, 0.6) is 0 Å². The van der Waals surface area contributed by atoms with Gasteiger partial charge in [0.25, 0.3) is 7.44 Å². The van der Waals surface area contributed by atoms with Crippen molar-refractivity contribution in [2.75, 3.05) is 12.1 Å². The van der Waals surface area contributed by atoms with Crippen LogP contribution in [0, 0.1) is 20.8 Å². The van der Waals surface area contributed by atoms with Crippen molar-refractivity contribution in [3.8, 4) is 5.69 Å². The fourth-order valence-corrected chi connectivity index (χ4v) is 6.63. The third-order valence-electron chi connectivity index (χ3n) is 6.16. The summed E-state index contributed by atoms with van der Waals surface area (Å²) in [4.78, 5) is 5.00. The maximum Gasteiger partial charge on any atom is 0.296 e. The smallest absolute Gasteiger partial charge is 0.296 e. The minimum atomic E-state index is -3.35. The van der Waals surface area contributed by atoms with Crippen LogP contribution in [0.15, 0.2) is 83.9 Å². The normalized spacial score (nSPS) is 17.5. The van der Waals surface area contributed by atoms with E-state index in [1.807, 2.05) is 93.7 Å². The van der Waals surface area contributed by atoms with Crippen molar-refractivity contribution in [1.29, 1.82) is 0 Å². The maximum atomic E-state index is 14.9. The zero-order valence-electron chi connectivity index (χ0n) is 19.1. The number of nitrogens with zero attached hydrogens (tertiary/aromatic N) is 4. The molecule has 0 saturated carbocycles. The summed E-state index contributed by atoms with van der Waals surface area (Å²) in [7, 11) is -1.51. The van der Waals surface area contributed by atoms with Crippen LogP contribution in [-0.2, 0) is 4.57 Å². The Morgan fingerprint density at radius 3 is 2.21 bits per heavy atom. The molecule has 0 fully saturated rings. The van der Waals surface area contributed by atoms with Crippen molar-refractivity contribution < 1.29 is 4.57 Å². The SMILES string of the molecule is Cc1cccc(N[P@@]2(=O)c3c(C)nn(-c4ccccc4)c3N=C(c3ccccc3)N2C)c1C. The lowest BCUT2D eigenvalue weighted by Crippen LogP contribution is -2.36. The number of hydrogen-bond donors (Lipinski definition) is 1. The lowest BCUT2D eigenvalue weighted by molar-refractivity contribution is 0.553. The molecule has 0 aliphatic carbocycles. The number of para-hydroxylation sites is 1. The van der Waals surface area contributed by atoms with Crippen LogP contribution in [0.4, 0.5) is 11.5 Å². The number of amidine groups is 1. The first kappa shape index (κ1) is 21.2. The lowest BCUT2D eigenvalue weighted by atomic mass is 10.1. The van der Waals surface area contributed by atoms with Crippen molar-refractivity contribution in [2.45, 2.75) is 20.8 Å². The number of aryl methyl sites for hydroxylation is 2. The van der Waals surface area contributed by atoms with Gasteiger partial charge in [-0.3, -0.25) is 9.24 Å². The number of aliphatic imine (C=N–C) groups is 1. The van der Waals surface area contributed by atoms with Gasteiger partial charge in [-0.1, -0.05) is 60.7 Å². The van der Waals surface area contributed by atoms with E-state index in [-0.39, 0.29) is 0 Å². The molecule has 0 spiro atoms. The van der Waals surface area contributed by atoms with Gasteiger partial charge < -0.3 is 5.09 Å². The van der Waals surface area contributed by atoms with Gasteiger partial charge in [0.05, 0.1) is 11.4 Å². The average molecular weight is 456 g/mol. The van der Waals surface area contributed by atoms with Crippen molar-refractivity contribution in [3.63, 3.8) is 0 Å². The fourth-order valence-electron chi connectivity index (χ4n) is 4.17. The third kappa shape index (κ3) is 3.47. The maximum absolute atomic E-state index is 14.9. The van der Waals surface area contributed by atoms with Gasteiger partial charge in [-0.15, -0.1) is 0 Å². The number of aromatic nitrogens is 2. The van der Waals surface area contributed by atoms with Gasteiger partial charge in [-0.05, 0) is 50.1 Å². The van der Waals surface area contributed by atoms with E-state index < -0.39 is 7.44 Å². The highest BCUT2D eigenvalue weighted by Gasteiger charge is 2.43. The van der Waals surface area contributed by atoms with Crippen LogP contribution < -0.4 is 10.4 Å². The summed E-state index contributed by atoms with van der Waals surface area (Å²) in [6.45, 7) is 6.00. The summed E-state index contributed by atoms with van der Waals surface area (Å²) in [6.07, 6.45) is 0. The Bertz CT molecular complexity index is 1410. The Morgan fingerprint density at radius 1 is 0.848 bits per heavy atom. The number of hydrogen-bond acceptors (Lipinski definition) is 3. The molecule has 166 valence electrons. The third-order valence-corrected chi connectivity index (χ3v) is 8.87. The number of fused-ring (bicyclic) bond motifs is 1. The summed E-state index contributed by atoms with van der Waals surface area (Å²) in [6, 6.07) is 25.7. The molecule has 0 saturated heterocycles. The molecule has 6 nitrogen and oxygen atoms in total. The summed E-state index contributed by atoms with van der Waals surface area (Å²) in [5.41, 5.74) is 5.52. The van der Waals surface area contributed by atoms with E-state index in [0.717, 1.165) is 28.1 Å². The van der Waals surface area contributed by atoms with E-state index in [4.69, 9.17) is 10.1 Å². The number of rotatable bonds is 4. The van der Waals surface area contributed by atoms with E-state index >= 15 is 0 Å². The number of anilines is 1. The minimum absolute atomic E-state index is 0.594. The molecule has 3 aromatic carbocycles. The van der Waals surface area contributed by atoms with Crippen LogP contribution in [0.25, 0.3) is 5.69 Å². The molecule has 0 amide bonds. The summed E-state index contributed by atoms with van der Waals surface area (Å²) >= 11 is 0. The quantitative estimate of drug-likeness (QED) is 0.398. The Morgan fingerprint density at radius 2 is 1.52 bits per heavy atom.